The molecule has 1 rings (SSSR count). The predicted octanol–water partition coefficient (Wildman–Crippen LogP) is 1.33. The molecule has 19 heavy (non-hydrogen) atoms. The summed E-state index contributed by atoms with van der Waals surface area (Å²) in [7, 11) is 1.60. The lowest BCUT2D eigenvalue weighted by Gasteiger charge is -2.13. The van der Waals surface area contributed by atoms with E-state index in [1.807, 2.05) is 25.1 Å². The van der Waals surface area contributed by atoms with E-state index in [1.165, 1.54) is 0 Å². The SMILES string of the molecule is CCOC(=O)C[C@H]([NH3+])c1ccc(OC)c(OCC)c1. The van der Waals surface area contributed by atoms with Gasteiger partial charge in [-0.2, -0.15) is 0 Å². The molecular formula is C14H22NO4+. The molecule has 0 saturated carbocycles. The van der Waals surface area contributed by atoms with Gasteiger partial charge in [-0.1, -0.05) is 0 Å². The third kappa shape index (κ3) is 4.44. The quantitative estimate of drug-likeness (QED) is 0.757. The second kappa shape index (κ2) is 7.63. The van der Waals surface area contributed by atoms with E-state index < -0.39 is 0 Å². The van der Waals surface area contributed by atoms with Crippen LogP contribution in [0.25, 0.3) is 0 Å². The van der Waals surface area contributed by atoms with Gasteiger partial charge < -0.3 is 19.9 Å². The van der Waals surface area contributed by atoms with Gasteiger partial charge in [0, 0.05) is 5.56 Å². The summed E-state index contributed by atoms with van der Waals surface area (Å²) in [5.41, 5.74) is 4.92. The molecule has 0 aliphatic rings. The Kier molecular flexibility index (Phi) is 6.15. The summed E-state index contributed by atoms with van der Waals surface area (Å²) < 4.78 is 15.6. The fraction of sp³-hybridized carbons (Fsp3) is 0.500. The number of rotatable bonds is 7. The first-order chi connectivity index (χ1) is 9.12. The lowest BCUT2D eigenvalue weighted by molar-refractivity contribution is -0.425. The van der Waals surface area contributed by atoms with Gasteiger partial charge in [0.2, 0.25) is 0 Å². The molecule has 0 aromatic heterocycles. The largest absolute Gasteiger partial charge is 0.493 e. The molecule has 0 amide bonds. The molecule has 5 heteroatoms. The number of quaternary nitrogens is 1. The normalized spacial score (nSPS) is 11.8. The molecule has 1 aromatic carbocycles. The molecule has 5 nitrogen and oxygen atoms in total. The Morgan fingerprint density at radius 2 is 2.00 bits per heavy atom. The van der Waals surface area contributed by atoms with Crippen LogP contribution >= 0.6 is 0 Å². The van der Waals surface area contributed by atoms with Crippen LogP contribution < -0.4 is 15.2 Å². The molecule has 106 valence electrons. The van der Waals surface area contributed by atoms with E-state index in [4.69, 9.17) is 14.2 Å². The van der Waals surface area contributed by atoms with Crippen molar-refractivity contribution < 1.29 is 24.7 Å². The number of hydrogen-bond acceptors (Lipinski definition) is 4. The number of esters is 1. The molecule has 3 N–H and O–H groups in total. The summed E-state index contributed by atoms with van der Waals surface area (Å²) in [6.07, 6.45) is 0.256. The molecule has 0 aliphatic heterocycles. The lowest BCUT2D eigenvalue weighted by atomic mass is 10.0. The molecular weight excluding hydrogens is 246 g/mol. The van der Waals surface area contributed by atoms with E-state index in [1.54, 1.807) is 14.0 Å². The molecule has 1 atom stereocenters. The van der Waals surface area contributed by atoms with Gasteiger partial charge in [-0.25, -0.2) is 0 Å². The minimum atomic E-state index is -0.240. The predicted molar refractivity (Wildman–Crippen MR) is 71.0 cm³/mol. The highest BCUT2D eigenvalue weighted by atomic mass is 16.5. The van der Waals surface area contributed by atoms with Crippen molar-refractivity contribution in [3.8, 4) is 11.5 Å². The molecule has 0 bridgehead atoms. The first kappa shape index (κ1) is 15.3. The van der Waals surface area contributed by atoms with Crippen LogP contribution in [0.15, 0.2) is 18.2 Å². The summed E-state index contributed by atoms with van der Waals surface area (Å²) in [6.45, 7) is 4.64. The topological polar surface area (TPSA) is 72.4 Å². The Morgan fingerprint density at radius 1 is 1.26 bits per heavy atom. The molecule has 0 heterocycles. The van der Waals surface area contributed by atoms with E-state index in [0.717, 1.165) is 5.56 Å². The Labute approximate surface area is 113 Å². The van der Waals surface area contributed by atoms with Gasteiger partial charge in [-0.15, -0.1) is 0 Å². The van der Waals surface area contributed by atoms with Gasteiger partial charge in [0.15, 0.2) is 11.5 Å². The van der Waals surface area contributed by atoms with E-state index in [2.05, 4.69) is 5.73 Å². The third-order valence-electron chi connectivity index (χ3n) is 2.68. The van der Waals surface area contributed by atoms with E-state index >= 15 is 0 Å². The van der Waals surface area contributed by atoms with Crippen LogP contribution in [-0.4, -0.2) is 26.3 Å². The molecule has 0 fully saturated rings. The van der Waals surface area contributed by atoms with Crippen LogP contribution in [0.1, 0.15) is 31.9 Å². The van der Waals surface area contributed by atoms with Gasteiger partial charge in [0.25, 0.3) is 0 Å². The van der Waals surface area contributed by atoms with Crippen molar-refractivity contribution in [3.63, 3.8) is 0 Å². The van der Waals surface area contributed by atoms with Crippen molar-refractivity contribution in [2.24, 2.45) is 0 Å². The second-order valence-electron chi connectivity index (χ2n) is 4.05. The molecule has 0 saturated heterocycles. The van der Waals surface area contributed by atoms with Crippen LogP contribution in [0, 0.1) is 0 Å². The fourth-order valence-corrected chi connectivity index (χ4v) is 1.75. The summed E-state index contributed by atoms with van der Waals surface area (Å²) >= 11 is 0. The standard InChI is InChI=1S/C14H21NO4/c1-4-18-13-8-10(6-7-12(13)17-3)11(15)9-14(16)19-5-2/h6-8,11H,4-5,9,15H2,1-3H3/p+1/t11-/m0/s1. The fourth-order valence-electron chi connectivity index (χ4n) is 1.75. The Balaban J connectivity index is 2.82. The Hall–Kier alpha value is -1.75. The highest BCUT2D eigenvalue weighted by molar-refractivity contribution is 5.70. The van der Waals surface area contributed by atoms with Crippen LogP contribution in [0.2, 0.25) is 0 Å². The minimum absolute atomic E-state index is 0.163. The molecule has 1 aromatic rings. The summed E-state index contributed by atoms with van der Waals surface area (Å²) in [6, 6.07) is 5.41. The molecule has 0 aliphatic carbocycles. The maximum atomic E-state index is 11.4. The number of methoxy groups -OCH3 is 1. The zero-order valence-corrected chi connectivity index (χ0v) is 11.8. The van der Waals surface area contributed by atoms with E-state index in [-0.39, 0.29) is 18.4 Å². The molecule has 0 radical (unpaired) electrons. The molecule has 0 unspecified atom stereocenters. The average Bonchev–Trinajstić information content (AvgIpc) is 2.39. The lowest BCUT2D eigenvalue weighted by Crippen LogP contribution is -2.54. The number of carbonyl (C=O) groups excluding carboxylic acids is 1. The third-order valence-corrected chi connectivity index (χ3v) is 2.68. The van der Waals surface area contributed by atoms with E-state index in [0.29, 0.717) is 24.7 Å². The van der Waals surface area contributed by atoms with Crippen LogP contribution in [0.5, 0.6) is 11.5 Å². The van der Waals surface area contributed by atoms with Crippen molar-refractivity contribution >= 4 is 5.97 Å². The van der Waals surface area contributed by atoms with Crippen molar-refractivity contribution in [2.75, 3.05) is 20.3 Å². The zero-order valence-electron chi connectivity index (χ0n) is 11.8. The first-order valence-corrected chi connectivity index (χ1v) is 6.41. The van der Waals surface area contributed by atoms with Gasteiger partial charge in [-0.3, -0.25) is 4.79 Å². The summed E-state index contributed by atoms with van der Waals surface area (Å²) in [5, 5.41) is 0. The van der Waals surface area contributed by atoms with Crippen molar-refractivity contribution in [1.29, 1.82) is 0 Å². The number of ether oxygens (including phenoxy) is 3. The highest BCUT2D eigenvalue weighted by Gasteiger charge is 2.17. The van der Waals surface area contributed by atoms with Crippen LogP contribution in [0.3, 0.4) is 0 Å². The number of carbonyl (C=O) groups is 1. The van der Waals surface area contributed by atoms with Crippen molar-refractivity contribution in [2.45, 2.75) is 26.3 Å². The van der Waals surface area contributed by atoms with Gasteiger partial charge >= 0.3 is 5.97 Å². The summed E-state index contributed by atoms with van der Waals surface area (Å²) in [5.74, 6) is 1.10. The van der Waals surface area contributed by atoms with Gasteiger partial charge in [0.1, 0.15) is 12.5 Å². The maximum absolute atomic E-state index is 11.4. The minimum Gasteiger partial charge on any atom is -0.493 e. The van der Waals surface area contributed by atoms with Gasteiger partial charge in [-0.05, 0) is 32.0 Å². The van der Waals surface area contributed by atoms with Gasteiger partial charge in [0.05, 0.1) is 20.3 Å². The van der Waals surface area contributed by atoms with Crippen molar-refractivity contribution in [3.05, 3.63) is 23.8 Å². The Bertz CT molecular complexity index is 420. The highest BCUT2D eigenvalue weighted by Crippen LogP contribution is 2.30. The average molecular weight is 268 g/mol. The first-order valence-electron chi connectivity index (χ1n) is 6.41. The maximum Gasteiger partial charge on any atom is 0.312 e. The summed E-state index contributed by atoms with van der Waals surface area (Å²) in [4.78, 5) is 11.4. The monoisotopic (exact) mass is 268 g/mol. The smallest absolute Gasteiger partial charge is 0.312 e. The Morgan fingerprint density at radius 3 is 2.58 bits per heavy atom. The molecule has 0 spiro atoms. The van der Waals surface area contributed by atoms with Crippen LogP contribution in [0.4, 0.5) is 0 Å². The number of hydrogen-bond donors (Lipinski definition) is 1. The number of benzene rings is 1. The zero-order chi connectivity index (χ0) is 14.3. The van der Waals surface area contributed by atoms with Crippen molar-refractivity contribution in [1.82, 2.24) is 0 Å². The second-order valence-corrected chi connectivity index (χ2v) is 4.05. The van der Waals surface area contributed by atoms with E-state index in [9.17, 15) is 4.79 Å². The van der Waals surface area contributed by atoms with Crippen LogP contribution in [-0.2, 0) is 9.53 Å².